The summed E-state index contributed by atoms with van der Waals surface area (Å²) in [5.74, 6) is 0. The van der Waals surface area contributed by atoms with Crippen LogP contribution in [0.2, 0.25) is 0 Å². The minimum absolute atomic E-state index is 1.13. The maximum absolute atomic E-state index is 3.95. The zero-order valence-electron chi connectivity index (χ0n) is 8.44. The quantitative estimate of drug-likeness (QED) is 0.639. The highest BCUT2D eigenvalue weighted by atomic mass is 15.1. The Hall–Kier alpha value is -2.03. The van der Waals surface area contributed by atoms with Crippen LogP contribution in [0, 0.1) is 0 Å². The summed E-state index contributed by atoms with van der Waals surface area (Å²) in [7, 11) is 2.06. The molecule has 3 aromatic rings. The van der Waals surface area contributed by atoms with Crippen LogP contribution in [0.3, 0.4) is 0 Å². The number of aryl methyl sites for hydroxylation is 1. The molecule has 3 nitrogen and oxygen atoms in total. The molecular formula is C12H11N3. The van der Waals surface area contributed by atoms with Gasteiger partial charge in [-0.1, -0.05) is 6.07 Å². The summed E-state index contributed by atoms with van der Waals surface area (Å²) >= 11 is 0. The zero-order chi connectivity index (χ0) is 10.3. The van der Waals surface area contributed by atoms with Gasteiger partial charge in [0.05, 0.1) is 6.20 Å². The lowest BCUT2D eigenvalue weighted by atomic mass is 10.1. The van der Waals surface area contributed by atoms with Crippen molar-refractivity contribution in [1.29, 1.82) is 0 Å². The molecule has 0 spiro atoms. The predicted molar refractivity (Wildman–Crippen MR) is 60.5 cm³/mol. The van der Waals surface area contributed by atoms with Crippen molar-refractivity contribution in [2.75, 3.05) is 0 Å². The Morgan fingerprint density at radius 2 is 2.13 bits per heavy atom. The van der Waals surface area contributed by atoms with Crippen LogP contribution in [0.5, 0.6) is 0 Å². The summed E-state index contributed by atoms with van der Waals surface area (Å²) in [6.07, 6.45) is 5.82. The summed E-state index contributed by atoms with van der Waals surface area (Å²) in [5.41, 5.74) is 3.57. The second-order valence-electron chi connectivity index (χ2n) is 3.69. The molecule has 0 saturated heterocycles. The number of hydrogen-bond donors (Lipinski definition) is 1. The minimum Gasteiger partial charge on any atom is -0.351 e. The summed E-state index contributed by atoms with van der Waals surface area (Å²) in [6, 6.07) is 8.56. The molecule has 0 fully saturated rings. The van der Waals surface area contributed by atoms with E-state index in [0.717, 1.165) is 5.56 Å². The van der Waals surface area contributed by atoms with Crippen LogP contribution in [0.4, 0.5) is 0 Å². The monoisotopic (exact) mass is 197 g/mol. The van der Waals surface area contributed by atoms with Gasteiger partial charge in [-0.3, -0.25) is 5.10 Å². The minimum atomic E-state index is 1.13. The van der Waals surface area contributed by atoms with Gasteiger partial charge in [0.1, 0.15) is 0 Å². The van der Waals surface area contributed by atoms with Gasteiger partial charge in [-0.15, -0.1) is 0 Å². The molecule has 2 aromatic heterocycles. The third kappa shape index (κ3) is 1.24. The maximum Gasteiger partial charge on any atom is 0.0565 e. The number of nitrogens with one attached hydrogen (secondary N) is 1. The van der Waals surface area contributed by atoms with E-state index in [4.69, 9.17) is 0 Å². The first-order chi connectivity index (χ1) is 7.34. The number of aromatic amines is 1. The van der Waals surface area contributed by atoms with E-state index in [0.29, 0.717) is 0 Å². The molecule has 3 rings (SSSR count). The lowest BCUT2D eigenvalue weighted by Crippen LogP contribution is -1.83. The lowest BCUT2D eigenvalue weighted by molar-refractivity contribution is 0.969. The topological polar surface area (TPSA) is 33.6 Å². The van der Waals surface area contributed by atoms with Crippen LogP contribution < -0.4 is 0 Å². The van der Waals surface area contributed by atoms with Gasteiger partial charge in [-0.05, 0) is 23.8 Å². The molecule has 0 saturated carbocycles. The summed E-state index contributed by atoms with van der Waals surface area (Å²) in [5, 5.41) is 8.04. The van der Waals surface area contributed by atoms with E-state index in [1.54, 1.807) is 0 Å². The summed E-state index contributed by atoms with van der Waals surface area (Å²) in [6.45, 7) is 0. The van der Waals surface area contributed by atoms with Crippen molar-refractivity contribution in [2.24, 2.45) is 7.05 Å². The molecule has 74 valence electrons. The molecule has 0 bridgehead atoms. The van der Waals surface area contributed by atoms with Gasteiger partial charge >= 0.3 is 0 Å². The number of rotatable bonds is 1. The molecule has 15 heavy (non-hydrogen) atoms. The van der Waals surface area contributed by atoms with Gasteiger partial charge in [0.25, 0.3) is 0 Å². The van der Waals surface area contributed by atoms with Crippen molar-refractivity contribution in [3.8, 4) is 11.1 Å². The van der Waals surface area contributed by atoms with E-state index in [2.05, 4.69) is 52.3 Å². The third-order valence-corrected chi connectivity index (χ3v) is 2.72. The summed E-state index contributed by atoms with van der Waals surface area (Å²) < 4.78 is 2.12. The lowest BCUT2D eigenvalue weighted by Gasteiger charge is -1.99. The van der Waals surface area contributed by atoms with E-state index < -0.39 is 0 Å². The largest absolute Gasteiger partial charge is 0.351 e. The average Bonchev–Trinajstić information content (AvgIpc) is 2.88. The molecule has 0 aliphatic rings. The van der Waals surface area contributed by atoms with Crippen molar-refractivity contribution in [2.45, 2.75) is 0 Å². The number of benzene rings is 1. The highest BCUT2D eigenvalue weighted by molar-refractivity contribution is 5.85. The predicted octanol–water partition coefficient (Wildman–Crippen LogP) is 2.57. The Labute approximate surface area is 87.4 Å². The molecule has 0 unspecified atom stereocenters. The van der Waals surface area contributed by atoms with Crippen LogP contribution in [0.1, 0.15) is 0 Å². The Morgan fingerprint density at radius 3 is 2.93 bits per heavy atom. The van der Waals surface area contributed by atoms with E-state index in [-0.39, 0.29) is 0 Å². The fraction of sp³-hybridized carbons (Fsp3) is 0.0833. The van der Waals surface area contributed by atoms with E-state index in [1.165, 1.54) is 16.5 Å². The number of fused-ring (bicyclic) bond motifs is 1. The smallest absolute Gasteiger partial charge is 0.0565 e. The van der Waals surface area contributed by atoms with Gasteiger partial charge in [-0.2, -0.15) is 5.10 Å². The third-order valence-electron chi connectivity index (χ3n) is 2.72. The molecule has 1 aromatic carbocycles. The molecular weight excluding hydrogens is 186 g/mol. The van der Waals surface area contributed by atoms with Gasteiger partial charge in [0, 0.05) is 35.9 Å². The Balaban J connectivity index is 2.23. The van der Waals surface area contributed by atoms with E-state index >= 15 is 0 Å². The molecule has 2 heterocycles. The van der Waals surface area contributed by atoms with Gasteiger partial charge in [-0.25, -0.2) is 0 Å². The fourth-order valence-electron chi connectivity index (χ4n) is 1.87. The number of H-pyrrole nitrogens is 1. The Kier molecular flexibility index (Phi) is 1.65. The van der Waals surface area contributed by atoms with Crippen LogP contribution in [-0.2, 0) is 7.05 Å². The van der Waals surface area contributed by atoms with Crippen molar-refractivity contribution < 1.29 is 0 Å². The maximum atomic E-state index is 3.95. The Morgan fingerprint density at radius 1 is 1.20 bits per heavy atom. The Bertz CT molecular complexity index is 590. The van der Waals surface area contributed by atoms with Crippen molar-refractivity contribution in [1.82, 2.24) is 14.8 Å². The number of hydrogen-bond acceptors (Lipinski definition) is 1. The first-order valence-corrected chi connectivity index (χ1v) is 4.89. The van der Waals surface area contributed by atoms with Gasteiger partial charge in [0.15, 0.2) is 0 Å². The highest BCUT2D eigenvalue weighted by Crippen LogP contribution is 2.23. The molecule has 0 atom stereocenters. The van der Waals surface area contributed by atoms with Crippen LogP contribution in [-0.4, -0.2) is 14.8 Å². The molecule has 0 aliphatic carbocycles. The average molecular weight is 197 g/mol. The van der Waals surface area contributed by atoms with Crippen molar-refractivity contribution in [3.05, 3.63) is 42.9 Å². The highest BCUT2D eigenvalue weighted by Gasteiger charge is 2.02. The second kappa shape index (κ2) is 2.98. The SMILES string of the molecule is Cn1ccc2cc(-c3cn[nH]c3)ccc21. The first-order valence-electron chi connectivity index (χ1n) is 4.89. The summed E-state index contributed by atoms with van der Waals surface area (Å²) in [4.78, 5) is 0. The van der Waals surface area contributed by atoms with Gasteiger partial charge in [0.2, 0.25) is 0 Å². The zero-order valence-corrected chi connectivity index (χ0v) is 8.44. The van der Waals surface area contributed by atoms with Crippen LogP contribution >= 0.6 is 0 Å². The standard InChI is InChI=1S/C12H11N3/c1-15-5-4-10-6-9(2-3-12(10)15)11-7-13-14-8-11/h2-8H,1H3,(H,13,14). The normalized spacial score (nSPS) is 11.0. The van der Waals surface area contributed by atoms with E-state index in [9.17, 15) is 0 Å². The first kappa shape index (κ1) is 8.29. The molecule has 0 aliphatic heterocycles. The fourth-order valence-corrected chi connectivity index (χ4v) is 1.87. The van der Waals surface area contributed by atoms with Crippen molar-refractivity contribution >= 4 is 10.9 Å². The van der Waals surface area contributed by atoms with Gasteiger partial charge < -0.3 is 4.57 Å². The van der Waals surface area contributed by atoms with Crippen LogP contribution in [0.15, 0.2) is 42.9 Å². The second-order valence-corrected chi connectivity index (χ2v) is 3.69. The molecule has 3 heteroatoms. The van der Waals surface area contributed by atoms with Crippen LogP contribution in [0.25, 0.3) is 22.0 Å². The molecule has 1 N–H and O–H groups in total. The number of nitrogens with zero attached hydrogens (tertiary/aromatic N) is 2. The van der Waals surface area contributed by atoms with Crippen molar-refractivity contribution in [3.63, 3.8) is 0 Å². The number of aromatic nitrogens is 3. The molecule has 0 amide bonds. The molecule has 0 radical (unpaired) electrons. The van der Waals surface area contributed by atoms with E-state index in [1.807, 2.05) is 12.4 Å².